The number of nitrogens with one attached hydrogen (secondary N) is 1. The molecule has 2 rings (SSSR count). The number of hydrogen-bond acceptors (Lipinski definition) is 5. The van der Waals surface area contributed by atoms with Crippen LogP contribution in [0.5, 0.6) is 5.75 Å². The maximum atomic E-state index is 12.7. The van der Waals surface area contributed by atoms with Crippen molar-refractivity contribution in [2.24, 2.45) is 0 Å². The topological polar surface area (TPSA) is 103 Å². The van der Waals surface area contributed by atoms with Crippen molar-refractivity contribution in [2.45, 2.75) is 12.7 Å². The van der Waals surface area contributed by atoms with E-state index in [9.17, 15) is 32.9 Å². The third-order valence-corrected chi connectivity index (χ3v) is 3.29. The average molecular weight is 371 g/mol. The average Bonchev–Trinajstić information content (AvgIpc) is 2.55. The second-order valence-electron chi connectivity index (χ2n) is 5.07. The number of alkyl halides is 3. The molecule has 1 aromatic heterocycles. The molecule has 1 heterocycles. The van der Waals surface area contributed by atoms with Crippen LogP contribution in [0.2, 0.25) is 0 Å². The number of non-ortho nitro benzene ring substituents is 1. The van der Waals surface area contributed by atoms with E-state index in [4.69, 9.17) is 4.74 Å². The van der Waals surface area contributed by atoms with E-state index < -0.39 is 34.7 Å². The Hall–Kier alpha value is -3.37. The number of carbonyl (C=O) groups is 1. The Kier molecular flexibility index (Phi) is 5.29. The molecule has 1 aromatic carbocycles. The van der Waals surface area contributed by atoms with E-state index in [0.29, 0.717) is 22.9 Å². The van der Waals surface area contributed by atoms with Crippen molar-refractivity contribution >= 4 is 17.3 Å². The van der Waals surface area contributed by atoms with Gasteiger partial charge in [-0.05, 0) is 12.1 Å². The standard InChI is InChI=1S/C15H12F3N3O5/c1-26-12-6-10(21(24)25)3-4-11(12)19-13(22)8-20-7-9(15(16,17)18)2-5-14(20)23/h2-7H,8H2,1H3,(H,19,22). The molecule has 1 N–H and O–H groups in total. The van der Waals surface area contributed by atoms with Crippen LogP contribution >= 0.6 is 0 Å². The monoisotopic (exact) mass is 371 g/mol. The lowest BCUT2D eigenvalue weighted by molar-refractivity contribution is -0.384. The second kappa shape index (κ2) is 7.25. The Labute approximate surface area is 144 Å². The highest BCUT2D eigenvalue weighted by atomic mass is 19.4. The van der Waals surface area contributed by atoms with E-state index in [-0.39, 0.29) is 17.1 Å². The largest absolute Gasteiger partial charge is 0.494 e. The molecule has 0 saturated heterocycles. The number of nitro benzene ring substituents is 1. The van der Waals surface area contributed by atoms with Crippen LogP contribution in [0.1, 0.15) is 5.56 Å². The zero-order chi connectivity index (χ0) is 19.5. The molecule has 0 spiro atoms. The zero-order valence-corrected chi connectivity index (χ0v) is 13.2. The number of ether oxygens (including phenoxy) is 1. The highest BCUT2D eigenvalue weighted by molar-refractivity contribution is 5.92. The first kappa shape index (κ1) is 19.0. The summed E-state index contributed by atoms with van der Waals surface area (Å²) in [4.78, 5) is 33.8. The van der Waals surface area contributed by atoms with Gasteiger partial charge in [0.15, 0.2) is 0 Å². The summed E-state index contributed by atoms with van der Waals surface area (Å²) in [6, 6.07) is 4.74. The molecule has 0 fully saturated rings. The highest BCUT2D eigenvalue weighted by Crippen LogP contribution is 2.29. The molecular weight excluding hydrogens is 359 g/mol. The molecular formula is C15H12F3N3O5. The Morgan fingerprint density at radius 3 is 2.58 bits per heavy atom. The summed E-state index contributed by atoms with van der Waals surface area (Å²) in [7, 11) is 1.23. The third kappa shape index (κ3) is 4.37. The number of halogens is 3. The third-order valence-electron chi connectivity index (χ3n) is 3.29. The molecule has 0 aliphatic heterocycles. The molecule has 8 nitrogen and oxygen atoms in total. The quantitative estimate of drug-likeness (QED) is 0.642. The van der Waals surface area contributed by atoms with Gasteiger partial charge in [-0.1, -0.05) is 0 Å². The van der Waals surface area contributed by atoms with E-state index in [2.05, 4.69) is 5.32 Å². The fourth-order valence-electron chi connectivity index (χ4n) is 2.06. The van der Waals surface area contributed by atoms with Crippen molar-refractivity contribution in [1.82, 2.24) is 4.57 Å². The number of pyridine rings is 1. The van der Waals surface area contributed by atoms with Gasteiger partial charge >= 0.3 is 6.18 Å². The van der Waals surface area contributed by atoms with Gasteiger partial charge in [-0.15, -0.1) is 0 Å². The molecule has 0 atom stereocenters. The number of nitro groups is 1. The van der Waals surface area contributed by atoms with Crippen LogP contribution in [-0.4, -0.2) is 22.5 Å². The van der Waals surface area contributed by atoms with Crippen molar-refractivity contribution in [3.05, 3.63) is 62.6 Å². The molecule has 26 heavy (non-hydrogen) atoms. The summed E-state index contributed by atoms with van der Waals surface area (Å²) in [5, 5.41) is 13.1. The number of methoxy groups -OCH3 is 1. The van der Waals surface area contributed by atoms with E-state index in [1.54, 1.807) is 0 Å². The number of amides is 1. The zero-order valence-electron chi connectivity index (χ0n) is 13.2. The van der Waals surface area contributed by atoms with Gasteiger partial charge in [0.25, 0.3) is 11.2 Å². The lowest BCUT2D eigenvalue weighted by Crippen LogP contribution is -2.28. The van der Waals surface area contributed by atoms with E-state index in [1.165, 1.54) is 13.2 Å². The van der Waals surface area contributed by atoms with Crippen LogP contribution in [0.25, 0.3) is 0 Å². The number of rotatable bonds is 5. The lowest BCUT2D eigenvalue weighted by Gasteiger charge is -2.12. The normalized spacial score (nSPS) is 11.1. The molecule has 138 valence electrons. The summed E-state index contributed by atoms with van der Waals surface area (Å²) in [6.07, 6.45) is -4.12. The Morgan fingerprint density at radius 2 is 2.00 bits per heavy atom. The molecule has 11 heteroatoms. The maximum Gasteiger partial charge on any atom is 0.417 e. The highest BCUT2D eigenvalue weighted by Gasteiger charge is 2.31. The first-order valence-electron chi connectivity index (χ1n) is 7.02. The van der Waals surface area contributed by atoms with Gasteiger partial charge in [0.05, 0.1) is 29.4 Å². The van der Waals surface area contributed by atoms with Gasteiger partial charge in [-0.25, -0.2) is 0 Å². The van der Waals surface area contributed by atoms with Crippen molar-refractivity contribution in [1.29, 1.82) is 0 Å². The summed E-state index contributed by atoms with van der Waals surface area (Å²) in [5.74, 6) is -0.817. The van der Waals surface area contributed by atoms with Gasteiger partial charge in [-0.2, -0.15) is 13.2 Å². The Bertz CT molecular complexity index is 908. The molecule has 0 radical (unpaired) electrons. The van der Waals surface area contributed by atoms with E-state index in [0.717, 1.165) is 12.1 Å². The SMILES string of the molecule is COc1cc([N+](=O)[O-])ccc1NC(=O)Cn1cc(C(F)(F)F)ccc1=O. The van der Waals surface area contributed by atoms with Crippen LogP contribution in [0.3, 0.4) is 0 Å². The number of benzene rings is 1. The van der Waals surface area contributed by atoms with Crippen molar-refractivity contribution in [3.63, 3.8) is 0 Å². The van der Waals surface area contributed by atoms with Gasteiger partial charge < -0.3 is 14.6 Å². The summed E-state index contributed by atoms with van der Waals surface area (Å²) in [6.45, 7) is -0.678. The van der Waals surface area contributed by atoms with Crippen LogP contribution < -0.4 is 15.6 Å². The van der Waals surface area contributed by atoms with Crippen molar-refractivity contribution in [2.75, 3.05) is 12.4 Å². The van der Waals surface area contributed by atoms with E-state index in [1.807, 2.05) is 0 Å². The van der Waals surface area contributed by atoms with Crippen LogP contribution in [0, 0.1) is 10.1 Å². The first-order valence-corrected chi connectivity index (χ1v) is 7.02. The van der Waals surface area contributed by atoms with Gasteiger partial charge in [0, 0.05) is 18.3 Å². The second-order valence-corrected chi connectivity index (χ2v) is 5.07. The molecule has 0 unspecified atom stereocenters. The number of carbonyl (C=O) groups excluding carboxylic acids is 1. The Balaban J connectivity index is 2.22. The fourth-order valence-corrected chi connectivity index (χ4v) is 2.06. The van der Waals surface area contributed by atoms with Crippen molar-refractivity contribution in [3.8, 4) is 5.75 Å². The molecule has 0 aliphatic rings. The molecule has 0 aliphatic carbocycles. The minimum Gasteiger partial charge on any atom is -0.494 e. The Morgan fingerprint density at radius 1 is 1.31 bits per heavy atom. The van der Waals surface area contributed by atoms with Crippen LogP contribution in [0.4, 0.5) is 24.5 Å². The van der Waals surface area contributed by atoms with Crippen molar-refractivity contribution < 1.29 is 27.6 Å². The summed E-state index contributed by atoms with van der Waals surface area (Å²) >= 11 is 0. The fraction of sp³-hybridized carbons (Fsp3) is 0.200. The minimum absolute atomic E-state index is 0.0102. The van der Waals surface area contributed by atoms with Gasteiger partial charge in [-0.3, -0.25) is 19.7 Å². The first-order chi connectivity index (χ1) is 12.1. The van der Waals surface area contributed by atoms with Crippen LogP contribution in [0.15, 0.2) is 41.3 Å². The predicted octanol–water partition coefficient (Wildman–Crippen LogP) is 2.42. The van der Waals surface area contributed by atoms with Gasteiger partial charge in [0.1, 0.15) is 12.3 Å². The summed E-state index contributed by atoms with van der Waals surface area (Å²) < 4.78 is 43.6. The number of anilines is 1. The predicted molar refractivity (Wildman–Crippen MR) is 84.0 cm³/mol. The molecule has 0 saturated carbocycles. The summed E-state index contributed by atoms with van der Waals surface area (Å²) in [5.41, 5.74) is -2.06. The smallest absolute Gasteiger partial charge is 0.417 e. The van der Waals surface area contributed by atoms with E-state index >= 15 is 0 Å². The molecule has 0 bridgehead atoms. The number of hydrogen-bond donors (Lipinski definition) is 1. The van der Waals surface area contributed by atoms with Gasteiger partial charge in [0.2, 0.25) is 5.91 Å². The molecule has 1 amide bonds. The maximum absolute atomic E-state index is 12.7. The minimum atomic E-state index is -4.66. The lowest BCUT2D eigenvalue weighted by atomic mass is 10.2. The number of nitrogens with zero attached hydrogens (tertiary/aromatic N) is 2. The number of aromatic nitrogens is 1. The van der Waals surface area contributed by atoms with Crippen LogP contribution in [-0.2, 0) is 17.5 Å². The molecule has 2 aromatic rings.